The Hall–Kier alpha value is -2.96. The monoisotopic (exact) mass is 283 g/mol. The minimum absolute atomic E-state index is 0.162. The van der Waals surface area contributed by atoms with E-state index in [0.717, 1.165) is 5.82 Å². The maximum atomic E-state index is 11.8. The summed E-state index contributed by atoms with van der Waals surface area (Å²) in [4.78, 5) is 24.3. The van der Waals surface area contributed by atoms with Gasteiger partial charge in [0, 0.05) is 37.9 Å². The molecule has 3 aromatic rings. The molecular formula is C14H13N5O2. The first-order valence-corrected chi connectivity index (χ1v) is 6.42. The average molecular weight is 283 g/mol. The molecular weight excluding hydrogens is 270 g/mol. The van der Waals surface area contributed by atoms with E-state index in [0.29, 0.717) is 24.3 Å². The van der Waals surface area contributed by atoms with E-state index in [2.05, 4.69) is 20.3 Å². The molecule has 0 atom stereocenters. The van der Waals surface area contributed by atoms with Gasteiger partial charge in [0.1, 0.15) is 12.0 Å². The number of imidazole rings is 1. The van der Waals surface area contributed by atoms with E-state index >= 15 is 0 Å². The molecule has 0 spiro atoms. The summed E-state index contributed by atoms with van der Waals surface area (Å²) in [7, 11) is 0. The van der Waals surface area contributed by atoms with Crippen LogP contribution in [0.25, 0.3) is 11.5 Å². The molecule has 0 aliphatic rings. The van der Waals surface area contributed by atoms with Crippen molar-refractivity contribution < 1.29 is 9.21 Å². The summed E-state index contributed by atoms with van der Waals surface area (Å²) in [5.41, 5.74) is 1.21. The van der Waals surface area contributed by atoms with E-state index in [-0.39, 0.29) is 5.91 Å². The fourth-order valence-electron chi connectivity index (χ4n) is 1.92. The van der Waals surface area contributed by atoms with Gasteiger partial charge in [-0.15, -0.1) is 0 Å². The highest BCUT2D eigenvalue weighted by molar-refractivity contribution is 5.93. The topological polar surface area (TPSA) is 85.8 Å². The molecule has 0 aliphatic heterocycles. The van der Waals surface area contributed by atoms with Crippen molar-refractivity contribution in [3.8, 4) is 11.5 Å². The quantitative estimate of drug-likeness (QED) is 0.764. The normalized spacial score (nSPS) is 10.5. The highest BCUT2D eigenvalue weighted by Gasteiger charge is 2.09. The highest BCUT2D eigenvalue weighted by atomic mass is 16.3. The summed E-state index contributed by atoms with van der Waals surface area (Å²) in [6.45, 7) is 1.07. The molecule has 0 unspecified atom stereocenters. The van der Waals surface area contributed by atoms with Crippen LogP contribution in [0.15, 0.2) is 54.0 Å². The zero-order chi connectivity index (χ0) is 14.5. The molecule has 3 rings (SSSR count). The van der Waals surface area contributed by atoms with Crippen LogP contribution in [0.5, 0.6) is 0 Å². The van der Waals surface area contributed by atoms with Crippen molar-refractivity contribution in [2.24, 2.45) is 0 Å². The number of hydrogen-bond donors (Lipinski definition) is 1. The summed E-state index contributed by atoms with van der Waals surface area (Å²) >= 11 is 0. The third-order valence-electron chi connectivity index (χ3n) is 2.93. The van der Waals surface area contributed by atoms with E-state index in [1.54, 1.807) is 30.9 Å². The minimum atomic E-state index is -0.162. The van der Waals surface area contributed by atoms with Gasteiger partial charge < -0.3 is 14.3 Å². The standard InChI is InChI=1S/C14H13N5O2/c20-14(11-1-8-21-10-11)18-5-7-19-6-4-17-13(19)12-9-15-2-3-16-12/h1-4,6,8-10H,5,7H2,(H,18,20). The van der Waals surface area contributed by atoms with Crippen molar-refractivity contribution in [1.29, 1.82) is 0 Å². The maximum Gasteiger partial charge on any atom is 0.254 e. The second-order valence-electron chi connectivity index (χ2n) is 4.30. The number of aromatic nitrogens is 4. The molecule has 106 valence electrons. The van der Waals surface area contributed by atoms with Gasteiger partial charge in [0.15, 0.2) is 5.82 Å². The lowest BCUT2D eigenvalue weighted by atomic mass is 10.3. The number of carbonyl (C=O) groups excluding carboxylic acids is 1. The third-order valence-corrected chi connectivity index (χ3v) is 2.93. The number of amides is 1. The summed E-state index contributed by atoms with van der Waals surface area (Å²) in [6, 6.07) is 1.62. The Morgan fingerprint density at radius 1 is 1.29 bits per heavy atom. The van der Waals surface area contributed by atoms with E-state index in [1.165, 1.54) is 12.5 Å². The fraction of sp³-hybridized carbons (Fsp3) is 0.143. The second-order valence-corrected chi connectivity index (χ2v) is 4.30. The molecule has 21 heavy (non-hydrogen) atoms. The molecule has 0 fully saturated rings. The Morgan fingerprint density at radius 2 is 2.24 bits per heavy atom. The molecule has 0 saturated heterocycles. The van der Waals surface area contributed by atoms with Crippen molar-refractivity contribution in [3.63, 3.8) is 0 Å². The predicted molar refractivity (Wildman–Crippen MR) is 74.3 cm³/mol. The number of hydrogen-bond acceptors (Lipinski definition) is 5. The van der Waals surface area contributed by atoms with Crippen LogP contribution in [0, 0.1) is 0 Å². The summed E-state index contributed by atoms with van der Waals surface area (Å²) in [6.07, 6.45) is 11.3. The Bertz CT molecular complexity index is 706. The van der Waals surface area contributed by atoms with Crippen molar-refractivity contribution in [1.82, 2.24) is 24.8 Å². The first-order chi connectivity index (χ1) is 10.3. The van der Waals surface area contributed by atoms with Gasteiger partial charge in [0.25, 0.3) is 5.91 Å². The molecule has 1 N–H and O–H groups in total. The smallest absolute Gasteiger partial charge is 0.254 e. The molecule has 3 heterocycles. The average Bonchev–Trinajstić information content (AvgIpc) is 3.20. The van der Waals surface area contributed by atoms with Crippen molar-refractivity contribution in [2.45, 2.75) is 6.54 Å². The van der Waals surface area contributed by atoms with Crippen LogP contribution in [-0.2, 0) is 6.54 Å². The minimum Gasteiger partial charge on any atom is -0.472 e. The SMILES string of the molecule is O=C(NCCn1ccnc1-c1cnccn1)c1ccoc1. The highest BCUT2D eigenvalue weighted by Crippen LogP contribution is 2.12. The van der Waals surface area contributed by atoms with Gasteiger partial charge in [0.2, 0.25) is 0 Å². The van der Waals surface area contributed by atoms with Gasteiger partial charge in [-0.05, 0) is 6.07 Å². The fourth-order valence-corrected chi connectivity index (χ4v) is 1.92. The van der Waals surface area contributed by atoms with E-state index in [4.69, 9.17) is 4.42 Å². The van der Waals surface area contributed by atoms with Gasteiger partial charge in [0.05, 0.1) is 18.0 Å². The zero-order valence-corrected chi connectivity index (χ0v) is 11.1. The van der Waals surface area contributed by atoms with Crippen molar-refractivity contribution in [3.05, 3.63) is 55.1 Å². The van der Waals surface area contributed by atoms with Crippen LogP contribution >= 0.6 is 0 Å². The number of carbonyl (C=O) groups is 1. The number of furan rings is 1. The first kappa shape index (κ1) is 13.0. The first-order valence-electron chi connectivity index (χ1n) is 6.42. The molecule has 0 aliphatic carbocycles. The Labute approximate surface area is 120 Å². The summed E-state index contributed by atoms with van der Waals surface area (Å²) in [5.74, 6) is 0.561. The maximum absolute atomic E-state index is 11.8. The zero-order valence-electron chi connectivity index (χ0n) is 11.1. The van der Waals surface area contributed by atoms with Crippen LogP contribution in [0.1, 0.15) is 10.4 Å². The Kier molecular flexibility index (Phi) is 3.72. The van der Waals surface area contributed by atoms with Gasteiger partial charge in [-0.2, -0.15) is 0 Å². The molecule has 0 radical (unpaired) electrons. The van der Waals surface area contributed by atoms with Crippen LogP contribution in [0.4, 0.5) is 0 Å². The lowest BCUT2D eigenvalue weighted by molar-refractivity contribution is 0.0951. The predicted octanol–water partition coefficient (Wildman–Crippen LogP) is 1.36. The number of nitrogens with one attached hydrogen (secondary N) is 1. The third kappa shape index (κ3) is 2.97. The molecule has 0 bridgehead atoms. The Morgan fingerprint density at radius 3 is 3.00 bits per heavy atom. The van der Waals surface area contributed by atoms with Crippen LogP contribution in [0.3, 0.4) is 0 Å². The molecule has 0 aromatic carbocycles. The number of nitrogens with zero attached hydrogens (tertiary/aromatic N) is 4. The largest absolute Gasteiger partial charge is 0.472 e. The molecule has 0 saturated carbocycles. The van der Waals surface area contributed by atoms with Crippen molar-refractivity contribution in [2.75, 3.05) is 6.54 Å². The van der Waals surface area contributed by atoms with Crippen LogP contribution in [0.2, 0.25) is 0 Å². The second kappa shape index (κ2) is 6.00. The molecule has 1 amide bonds. The molecule has 7 heteroatoms. The van der Waals surface area contributed by atoms with E-state index < -0.39 is 0 Å². The lowest BCUT2D eigenvalue weighted by Gasteiger charge is -2.08. The lowest BCUT2D eigenvalue weighted by Crippen LogP contribution is -2.26. The van der Waals surface area contributed by atoms with Gasteiger partial charge >= 0.3 is 0 Å². The van der Waals surface area contributed by atoms with Gasteiger partial charge in [-0.1, -0.05) is 0 Å². The molecule has 3 aromatic heterocycles. The van der Waals surface area contributed by atoms with Gasteiger partial charge in [-0.25, -0.2) is 9.97 Å². The summed E-state index contributed by atoms with van der Waals surface area (Å²) < 4.78 is 6.79. The Balaban J connectivity index is 1.62. The van der Waals surface area contributed by atoms with Crippen LogP contribution in [-0.4, -0.2) is 32.0 Å². The van der Waals surface area contributed by atoms with Crippen molar-refractivity contribution >= 4 is 5.91 Å². The molecule has 7 nitrogen and oxygen atoms in total. The van der Waals surface area contributed by atoms with E-state index in [1.807, 2.05) is 10.8 Å². The van der Waals surface area contributed by atoms with E-state index in [9.17, 15) is 4.79 Å². The van der Waals surface area contributed by atoms with Crippen LogP contribution < -0.4 is 5.32 Å². The summed E-state index contributed by atoms with van der Waals surface area (Å²) in [5, 5.41) is 2.82. The van der Waals surface area contributed by atoms with Gasteiger partial charge in [-0.3, -0.25) is 9.78 Å². The number of rotatable bonds is 5.